The van der Waals surface area contributed by atoms with Crippen LogP contribution >= 0.6 is 12.6 Å². The lowest BCUT2D eigenvalue weighted by Gasteiger charge is -2.09. The average Bonchev–Trinajstić information content (AvgIpc) is 3.29. The molecule has 1 heterocycles. The number of thiol groups is 1. The minimum Gasteiger partial charge on any atom is -0.455 e. The minimum absolute atomic E-state index is 0.926. The molecule has 1 nitrogen and oxygen atoms in total. The van der Waals surface area contributed by atoms with Gasteiger partial charge >= 0.3 is 0 Å². The highest BCUT2D eigenvalue weighted by Crippen LogP contribution is 2.43. The number of hydrogen-bond acceptors (Lipinski definition) is 2. The van der Waals surface area contributed by atoms with E-state index < -0.39 is 0 Å². The van der Waals surface area contributed by atoms with Crippen molar-refractivity contribution in [1.29, 1.82) is 0 Å². The maximum Gasteiger partial charge on any atom is 0.143 e. The molecule has 0 unspecified atom stereocenters. The van der Waals surface area contributed by atoms with Crippen molar-refractivity contribution < 1.29 is 4.42 Å². The first kappa shape index (κ1) is 19.5. The molecule has 0 aliphatic carbocycles. The summed E-state index contributed by atoms with van der Waals surface area (Å²) in [5.74, 6) is 0. The summed E-state index contributed by atoms with van der Waals surface area (Å²) in [6.45, 7) is 0. The van der Waals surface area contributed by atoms with Crippen LogP contribution in [-0.2, 0) is 0 Å². The summed E-state index contributed by atoms with van der Waals surface area (Å²) in [6, 6.07) is 40.7. The van der Waals surface area contributed by atoms with E-state index in [1.165, 1.54) is 43.4 Å². The van der Waals surface area contributed by atoms with Crippen molar-refractivity contribution in [3.05, 3.63) is 115 Å². The van der Waals surface area contributed by atoms with Crippen LogP contribution in [0.2, 0.25) is 0 Å². The number of fused-ring (bicyclic) bond motifs is 7. The number of rotatable bonds is 2. The van der Waals surface area contributed by atoms with Crippen molar-refractivity contribution in [2.24, 2.45) is 0 Å². The van der Waals surface area contributed by atoms with Gasteiger partial charge in [-0.15, -0.1) is 12.6 Å². The maximum absolute atomic E-state index is 6.57. The second-order valence-corrected chi connectivity index (χ2v) is 9.25. The Morgan fingerprint density at radius 3 is 1.82 bits per heavy atom. The zero-order valence-electron chi connectivity index (χ0n) is 18.3. The number of furan rings is 1. The summed E-state index contributed by atoms with van der Waals surface area (Å²) in [7, 11) is 0. The molecule has 34 heavy (non-hydrogen) atoms. The van der Waals surface area contributed by atoms with Crippen LogP contribution in [0.15, 0.2) is 125 Å². The summed E-state index contributed by atoms with van der Waals surface area (Å²) in [5, 5.41) is 7.27. The molecule has 0 radical (unpaired) electrons. The fourth-order valence-electron chi connectivity index (χ4n) is 5.10. The minimum atomic E-state index is 0.926. The standard InChI is InChI=1S/C32H20OS/c34-25-16-13-21(14-17-25)20-9-11-23(12-10-20)28-19-24-6-2-4-8-27(24)31-30-26-7-3-1-5-22(26)15-18-29(30)33-32(28)31/h1-19,34H. The third kappa shape index (κ3) is 2.96. The molecule has 0 fully saturated rings. The van der Waals surface area contributed by atoms with Crippen LogP contribution in [0.1, 0.15) is 0 Å². The molecule has 0 aliphatic rings. The smallest absolute Gasteiger partial charge is 0.143 e. The highest BCUT2D eigenvalue weighted by molar-refractivity contribution is 7.80. The van der Waals surface area contributed by atoms with Gasteiger partial charge in [0.15, 0.2) is 0 Å². The highest BCUT2D eigenvalue weighted by atomic mass is 32.1. The van der Waals surface area contributed by atoms with Gasteiger partial charge in [-0.1, -0.05) is 91.0 Å². The fraction of sp³-hybridized carbons (Fsp3) is 0. The Morgan fingerprint density at radius 1 is 0.500 bits per heavy atom. The quantitative estimate of drug-likeness (QED) is 0.258. The maximum atomic E-state index is 6.57. The first-order chi connectivity index (χ1) is 16.8. The van der Waals surface area contributed by atoms with Crippen LogP contribution in [0.3, 0.4) is 0 Å². The van der Waals surface area contributed by atoms with Gasteiger partial charge in [-0.05, 0) is 62.5 Å². The lowest BCUT2D eigenvalue weighted by molar-refractivity contribution is 0.670. The summed E-state index contributed by atoms with van der Waals surface area (Å²) in [4.78, 5) is 0.969. The predicted molar refractivity (Wildman–Crippen MR) is 147 cm³/mol. The normalized spacial score (nSPS) is 11.7. The summed E-state index contributed by atoms with van der Waals surface area (Å²) >= 11 is 4.40. The molecule has 0 saturated carbocycles. The summed E-state index contributed by atoms with van der Waals surface area (Å²) in [6.07, 6.45) is 0. The van der Waals surface area contributed by atoms with E-state index in [-0.39, 0.29) is 0 Å². The molecule has 0 bridgehead atoms. The third-order valence-corrected chi connectivity index (χ3v) is 7.05. The molecular formula is C32H20OS. The van der Waals surface area contributed by atoms with Gasteiger partial charge < -0.3 is 4.42 Å². The molecule has 0 atom stereocenters. The van der Waals surface area contributed by atoms with Crippen molar-refractivity contribution in [1.82, 2.24) is 0 Å². The van der Waals surface area contributed by atoms with Gasteiger partial charge in [0, 0.05) is 21.2 Å². The van der Waals surface area contributed by atoms with Gasteiger partial charge in [0.2, 0.25) is 0 Å². The topological polar surface area (TPSA) is 13.1 Å². The summed E-state index contributed by atoms with van der Waals surface area (Å²) < 4.78 is 6.57. The van der Waals surface area contributed by atoms with E-state index in [9.17, 15) is 0 Å². The Labute approximate surface area is 202 Å². The molecule has 2 heteroatoms. The zero-order chi connectivity index (χ0) is 22.6. The second-order valence-electron chi connectivity index (χ2n) is 8.74. The molecule has 0 aliphatic heterocycles. The number of benzene rings is 6. The molecule has 1 aromatic heterocycles. The van der Waals surface area contributed by atoms with E-state index >= 15 is 0 Å². The molecule has 7 rings (SSSR count). The van der Waals surface area contributed by atoms with Gasteiger partial charge in [-0.2, -0.15) is 0 Å². The van der Waals surface area contributed by atoms with Gasteiger partial charge in [0.25, 0.3) is 0 Å². The lowest BCUT2D eigenvalue weighted by atomic mass is 9.94. The predicted octanol–water partition coefficient (Wildman–Crippen LogP) is 9.52. The molecule has 0 N–H and O–H groups in total. The summed E-state index contributed by atoms with van der Waals surface area (Å²) in [5.41, 5.74) is 6.50. The van der Waals surface area contributed by atoms with E-state index in [1.807, 2.05) is 12.1 Å². The van der Waals surface area contributed by atoms with Crippen molar-refractivity contribution in [2.45, 2.75) is 4.90 Å². The fourth-order valence-corrected chi connectivity index (χ4v) is 5.25. The average molecular weight is 453 g/mol. The largest absolute Gasteiger partial charge is 0.455 e. The molecule has 0 amide bonds. The van der Waals surface area contributed by atoms with Crippen LogP contribution < -0.4 is 0 Å². The molecule has 7 aromatic rings. The van der Waals surface area contributed by atoms with Crippen LogP contribution in [0, 0.1) is 0 Å². The van der Waals surface area contributed by atoms with Crippen molar-refractivity contribution >= 4 is 56.1 Å². The molecular weight excluding hydrogens is 432 g/mol. The van der Waals surface area contributed by atoms with Crippen molar-refractivity contribution in [2.75, 3.05) is 0 Å². The van der Waals surface area contributed by atoms with Crippen LogP contribution in [0.25, 0.3) is 65.7 Å². The monoisotopic (exact) mass is 452 g/mol. The van der Waals surface area contributed by atoms with Crippen LogP contribution in [-0.4, -0.2) is 0 Å². The van der Waals surface area contributed by atoms with Crippen molar-refractivity contribution in [3.8, 4) is 22.3 Å². The SMILES string of the molecule is Sc1ccc(-c2ccc(-c3cc4ccccc4c4c3oc3ccc5ccccc5c34)cc2)cc1. The van der Waals surface area contributed by atoms with E-state index in [1.54, 1.807) is 0 Å². The Kier molecular flexibility index (Phi) is 4.30. The van der Waals surface area contributed by atoms with E-state index in [0.29, 0.717) is 0 Å². The molecule has 160 valence electrons. The van der Waals surface area contributed by atoms with Gasteiger partial charge in [-0.3, -0.25) is 0 Å². The Hall–Kier alpha value is -4.01. The first-order valence-electron chi connectivity index (χ1n) is 11.4. The Balaban J connectivity index is 1.52. The van der Waals surface area contributed by atoms with E-state index in [4.69, 9.17) is 4.42 Å². The van der Waals surface area contributed by atoms with E-state index in [0.717, 1.165) is 27.2 Å². The van der Waals surface area contributed by atoms with Crippen LogP contribution in [0.5, 0.6) is 0 Å². The molecule has 6 aromatic carbocycles. The Bertz CT molecular complexity index is 1840. The van der Waals surface area contributed by atoms with Gasteiger partial charge in [0.05, 0.1) is 0 Å². The Morgan fingerprint density at radius 2 is 1.09 bits per heavy atom. The zero-order valence-corrected chi connectivity index (χ0v) is 19.2. The van der Waals surface area contributed by atoms with Crippen LogP contribution in [0.4, 0.5) is 0 Å². The molecule has 0 spiro atoms. The first-order valence-corrected chi connectivity index (χ1v) is 11.9. The third-order valence-electron chi connectivity index (χ3n) is 6.75. The van der Waals surface area contributed by atoms with Gasteiger partial charge in [-0.25, -0.2) is 0 Å². The lowest BCUT2D eigenvalue weighted by Crippen LogP contribution is -1.84. The van der Waals surface area contributed by atoms with Crippen molar-refractivity contribution in [3.63, 3.8) is 0 Å². The second kappa shape index (κ2) is 7.51. The van der Waals surface area contributed by atoms with Gasteiger partial charge in [0.1, 0.15) is 11.2 Å². The number of hydrogen-bond donors (Lipinski definition) is 1. The highest BCUT2D eigenvalue weighted by Gasteiger charge is 2.18. The molecule has 0 saturated heterocycles. The van der Waals surface area contributed by atoms with E-state index in [2.05, 4.69) is 116 Å².